The molecule has 2 aliphatic heterocycles. The minimum absolute atomic E-state index is 0.0146. The Kier molecular flexibility index (Phi) is 7.64. The van der Waals surface area contributed by atoms with Crippen molar-refractivity contribution in [1.82, 2.24) is 4.90 Å². The van der Waals surface area contributed by atoms with Gasteiger partial charge in [-0.05, 0) is 73.9 Å². The van der Waals surface area contributed by atoms with Crippen molar-refractivity contribution in [1.29, 1.82) is 0 Å². The SMILES string of the molecule is CCC1=CC(C2=CC=CC=CC2)C=C(c2ccc(F)cc2)N1CCCC1CC(C)CC(=O)O1. The number of allylic oxidation sites excluding steroid dienone is 9. The lowest BCUT2D eigenvalue weighted by Crippen LogP contribution is -2.31. The first-order valence-electron chi connectivity index (χ1n) is 12.2. The summed E-state index contributed by atoms with van der Waals surface area (Å²) >= 11 is 0. The van der Waals surface area contributed by atoms with E-state index in [4.69, 9.17) is 4.74 Å². The van der Waals surface area contributed by atoms with E-state index in [-0.39, 0.29) is 23.8 Å². The van der Waals surface area contributed by atoms with E-state index in [1.807, 2.05) is 12.1 Å². The zero-order chi connectivity index (χ0) is 23.2. The van der Waals surface area contributed by atoms with Gasteiger partial charge in [0.05, 0.1) is 0 Å². The first-order chi connectivity index (χ1) is 16.0. The van der Waals surface area contributed by atoms with Crippen LogP contribution in [0.3, 0.4) is 0 Å². The zero-order valence-electron chi connectivity index (χ0n) is 19.7. The number of carbonyl (C=O) groups is 1. The van der Waals surface area contributed by atoms with E-state index in [0.717, 1.165) is 49.9 Å². The molecule has 3 aliphatic rings. The molecule has 3 atom stereocenters. The molecule has 4 rings (SSSR count). The van der Waals surface area contributed by atoms with E-state index < -0.39 is 0 Å². The van der Waals surface area contributed by atoms with Crippen LogP contribution in [0.4, 0.5) is 4.39 Å². The molecule has 3 nitrogen and oxygen atoms in total. The molecule has 3 unspecified atom stereocenters. The number of esters is 1. The second-order valence-electron chi connectivity index (χ2n) is 9.31. The first kappa shape index (κ1) is 23.3. The summed E-state index contributed by atoms with van der Waals surface area (Å²) in [5.74, 6) is 0.312. The van der Waals surface area contributed by atoms with E-state index in [2.05, 4.69) is 61.3 Å². The van der Waals surface area contributed by atoms with Crippen LogP contribution in [0.5, 0.6) is 0 Å². The number of rotatable bonds is 7. The molecule has 174 valence electrons. The second kappa shape index (κ2) is 10.8. The molecule has 0 amide bonds. The molecule has 1 aromatic rings. The summed E-state index contributed by atoms with van der Waals surface area (Å²) in [6.45, 7) is 5.16. The van der Waals surface area contributed by atoms with Gasteiger partial charge in [0.15, 0.2) is 0 Å². The molecule has 1 aliphatic carbocycles. The third-order valence-electron chi connectivity index (χ3n) is 6.69. The lowest BCUT2D eigenvalue weighted by Gasteiger charge is -2.36. The number of nitrogens with zero attached hydrogens (tertiary/aromatic N) is 1. The van der Waals surface area contributed by atoms with Gasteiger partial charge in [-0.25, -0.2) is 4.39 Å². The van der Waals surface area contributed by atoms with Gasteiger partial charge in [0.1, 0.15) is 11.9 Å². The molecule has 1 aromatic carbocycles. The van der Waals surface area contributed by atoms with Crippen molar-refractivity contribution < 1.29 is 13.9 Å². The minimum atomic E-state index is -0.223. The summed E-state index contributed by atoms with van der Waals surface area (Å²) in [5.41, 5.74) is 4.80. The Morgan fingerprint density at radius 2 is 1.94 bits per heavy atom. The van der Waals surface area contributed by atoms with Crippen LogP contribution in [0.25, 0.3) is 5.70 Å². The van der Waals surface area contributed by atoms with Crippen molar-refractivity contribution in [3.63, 3.8) is 0 Å². The summed E-state index contributed by atoms with van der Waals surface area (Å²) in [7, 11) is 0. The molecule has 0 aromatic heterocycles. The van der Waals surface area contributed by atoms with Gasteiger partial charge < -0.3 is 9.64 Å². The average Bonchev–Trinajstić information content (AvgIpc) is 3.08. The van der Waals surface area contributed by atoms with Crippen LogP contribution >= 0.6 is 0 Å². The maximum atomic E-state index is 13.7. The molecule has 0 saturated carbocycles. The van der Waals surface area contributed by atoms with Gasteiger partial charge in [0.2, 0.25) is 0 Å². The molecular weight excluding hydrogens is 413 g/mol. The smallest absolute Gasteiger partial charge is 0.306 e. The Labute approximate surface area is 197 Å². The maximum Gasteiger partial charge on any atom is 0.306 e. The molecule has 1 fully saturated rings. The molecule has 0 N–H and O–H groups in total. The summed E-state index contributed by atoms with van der Waals surface area (Å²) in [6, 6.07) is 6.81. The average molecular weight is 448 g/mol. The fourth-order valence-electron chi connectivity index (χ4n) is 5.01. The van der Waals surface area contributed by atoms with E-state index in [9.17, 15) is 9.18 Å². The van der Waals surface area contributed by atoms with Crippen LogP contribution in [-0.4, -0.2) is 23.5 Å². The van der Waals surface area contributed by atoms with Gasteiger partial charge >= 0.3 is 5.97 Å². The summed E-state index contributed by atoms with van der Waals surface area (Å²) in [6.07, 6.45) is 20.5. The molecule has 4 heteroatoms. The van der Waals surface area contributed by atoms with Crippen molar-refractivity contribution in [2.45, 2.75) is 58.5 Å². The number of cyclic esters (lactones) is 1. The van der Waals surface area contributed by atoms with E-state index in [1.165, 1.54) is 23.4 Å². The van der Waals surface area contributed by atoms with Gasteiger partial charge in [-0.15, -0.1) is 0 Å². The summed E-state index contributed by atoms with van der Waals surface area (Å²) in [5, 5.41) is 0. The number of carbonyl (C=O) groups excluding carboxylic acids is 1. The van der Waals surface area contributed by atoms with Crippen molar-refractivity contribution in [3.8, 4) is 0 Å². The highest BCUT2D eigenvalue weighted by molar-refractivity contribution is 5.70. The summed E-state index contributed by atoms with van der Waals surface area (Å²) < 4.78 is 19.3. The minimum Gasteiger partial charge on any atom is -0.462 e. The standard InChI is InChI=1S/C29H34FNO2/c1-3-26-19-24(22-9-6-4-5-7-10-22)20-28(23-12-14-25(30)15-13-23)31(26)16-8-11-27-17-21(2)18-29(32)33-27/h4-7,9,12-15,19-21,24,27H,3,8,10-11,16-18H2,1-2H3. The van der Waals surface area contributed by atoms with Crippen molar-refractivity contribution in [2.75, 3.05) is 6.54 Å². The number of benzene rings is 1. The predicted octanol–water partition coefficient (Wildman–Crippen LogP) is 6.96. The quantitative estimate of drug-likeness (QED) is 0.423. The molecule has 0 radical (unpaired) electrons. The Morgan fingerprint density at radius 1 is 1.12 bits per heavy atom. The highest BCUT2D eigenvalue weighted by Gasteiger charge is 2.27. The Hall–Kier alpha value is -2.88. The van der Waals surface area contributed by atoms with Crippen LogP contribution < -0.4 is 0 Å². The number of hydrogen-bond donors (Lipinski definition) is 0. The molecule has 0 spiro atoms. The lowest BCUT2D eigenvalue weighted by atomic mass is 9.88. The lowest BCUT2D eigenvalue weighted by molar-refractivity contribution is -0.156. The number of ether oxygens (including phenoxy) is 1. The summed E-state index contributed by atoms with van der Waals surface area (Å²) in [4.78, 5) is 14.2. The molecular formula is C29H34FNO2. The Bertz CT molecular complexity index is 999. The van der Waals surface area contributed by atoms with Gasteiger partial charge in [-0.1, -0.05) is 55.9 Å². The third kappa shape index (κ3) is 5.93. The Morgan fingerprint density at radius 3 is 2.70 bits per heavy atom. The van der Waals surface area contributed by atoms with Gasteiger partial charge in [-0.3, -0.25) is 4.79 Å². The van der Waals surface area contributed by atoms with Crippen LogP contribution in [0.1, 0.15) is 57.9 Å². The highest BCUT2D eigenvalue weighted by Crippen LogP contribution is 2.36. The van der Waals surface area contributed by atoms with Crippen LogP contribution in [0.2, 0.25) is 0 Å². The molecule has 1 saturated heterocycles. The van der Waals surface area contributed by atoms with E-state index >= 15 is 0 Å². The largest absolute Gasteiger partial charge is 0.462 e. The fourth-order valence-corrected chi connectivity index (χ4v) is 5.01. The number of hydrogen-bond acceptors (Lipinski definition) is 3. The molecule has 33 heavy (non-hydrogen) atoms. The van der Waals surface area contributed by atoms with Crippen LogP contribution in [0.15, 0.2) is 78.1 Å². The monoisotopic (exact) mass is 447 g/mol. The Balaban J connectivity index is 1.56. The van der Waals surface area contributed by atoms with Crippen molar-refractivity contribution in [2.24, 2.45) is 11.8 Å². The van der Waals surface area contributed by atoms with E-state index in [0.29, 0.717) is 12.3 Å². The van der Waals surface area contributed by atoms with Gasteiger partial charge in [0.25, 0.3) is 0 Å². The van der Waals surface area contributed by atoms with Gasteiger partial charge in [-0.2, -0.15) is 0 Å². The van der Waals surface area contributed by atoms with Crippen LogP contribution in [-0.2, 0) is 9.53 Å². The third-order valence-corrected chi connectivity index (χ3v) is 6.69. The number of halogens is 1. The second-order valence-corrected chi connectivity index (χ2v) is 9.31. The zero-order valence-corrected chi connectivity index (χ0v) is 19.7. The van der Waals surface area contributed by atoms with Crippen molar-refractivity contribution >= 4 is 11.7 Å². The topological polar surface area (TPSA) is 29.5 Å². The molecule has 2 heterocycles. The molecule has 0 bridgehead atoms. The first-order valence-corrected chi connectivity index (χ1v) is 12.2. The normalized spacial score (nSPS) is 25.2. The van der Waals surface area contributed by atoms with E-state index in [1.54, 1.807) is 0 Å². The van der Waals surface area contributed by atoms with Crippen molar-refractivity contribution in [3.05, 3.63) is 89.4 Å². The maximum absolute atomic E-state index is 13.7. The van der Waals surface area contributed by atoms with Gasteiger partial charge in [0, 0.05) is 30.3 Å². The van der Waals surface area contributed by atoms with Crippen LogP contribution in [0, 0.1) is 17.7 Å². The fraction of sp³-hybridized carbons (Fsp3) is 0.414. The highest BCUT2D eigenvalue weighted by atomic mass is 19.1. The predicted molar refractivity (Wildman–Crippen MR) is 131 cm³/mol.